The summed E-state index contributed by atoms with van der Waals surface area (Å²) >= 11 is 0. The first-order chi connectivity index (χ1) is 12.4. The molecule has 150 valence electrons. The molecule has 1 heterocycles. The molecule has 1 saturated carbocycles. The zero-order valence-corrected chi connectivity index (χ0v) is 17.3. The van der Waals surface area contributed by atoms with Crippen LogP contribution in [0.15, 0.2) is 4.99 Å². The van der Waals surface area contributed by atoms with Crippen LogP contribution in [0.5, 0.6) is 0 Å². The van der Waals surface area contributed by atoms with Crippen molar-refractivity contribution in [2.45, 2.75) is 53.4 Å². The summed E-state index contributed by atoms with van der Waals surface area (Å²) in [6.45, 7) is 15.8. The van der Waals surface area contributed by atoms with Gasteiger partial charge in [0.1, 0.15) is 0 Å². The highest BCUT2D eigenvalue weighted by molar-refractivity contribution is 5.79. The SMILES string of the molecule is CCNC(=NCC1(CC(C)C)CCC1)NCCN1CCN(C(C)=O)CC1. The summed E-state index contributed by atoms with van der Waals surface area (Å²) in [6, 6.07) is 0. The highest BCUT2D eigenvalue weighted by Crippen LogP contribution is 2.46. The molecule has 6 heteroatoms. The van der Waals surface area contributed by atoms with E-state index in [0.717, 1.165) is 64.2 Å². The summed E-state index contributed by atoms with van der Waals surface area (Å²) in [5, 5.41) is 6.88. The van der Waals surface area contributed by atoms with Crippen LogP contribution in [0.4, 0.5) is 0 Å². The van der Waals surface area contributed by atoms with Crippen molar-refractivity contribution in [3.05, 3.63) is 0 Å². The number of aliphatic imine (C=N–C) groups is 1. The predicted octanol–water partition coefficient (Wildman–Crippen LogP) is 1.92. The summed E-state index contributed by atoms with van der Waals surface area (Å²) in [4.78, 5) is 20.7. The Hall–Kier alpha value is -1.30. The highest BCUT2D eigenvalue weighted by atomic mass is 16.2. The number of hydrogen-bond donors (Lipinski definition) is 2. The molecule has 0 aromatic rings. The van der Waals surface area contributed by atoms with Gasteiger partial charge in [-0.2, -0.15) is 0 Å². The molecule has 0 radical (unpaired) electrons. The van der Waals surface area contributed by atoms with E-state index in [1.54, 1.807) is 6.92 Å². The third kappa shape index (κ3) is 6.45. The van der Waals surface area contributed by atoms with Gasteiger partial charge < -0.3 is 15.5 Å². The first-order valence-electron chi connectivity index (χ1n) is 10.4. The minimum absolute atomic E-state index is 0.190. The second-order valence-electron chi connectivity index (χ2n) is 8.42. The van der Waals surface area contributed by atoms with E-state index in [1.807, 2.05) is 4.90 Å². The Kier molecular flexibility index (Phi) is 8.19. The predicted molar refractivity (Wildman–Crippen MR) is 108 cm³/mol. The lowest BCUT2D eigenvalue weighted by Gasteiger charge is -2.42. The Balaban J connectivity index is 1.74. The summed E-state index contributed by atoms with van der Waals surface area (Å²) in [7, 11) is 0. The molecular formula is C20H39N5O. The number of hydrogen-bond acceptors (Lipinski definition) is 3. The minimum Gasteiger partial charge on any atom is -0.357 e. The number of carbonyl (C=O) groups is 1. The van der Waals surface area contributed by atoms with Gasteiger partial charge in [-0.3, -0.25) is 14.7 Å². The van der Waals surface area contributed by atoms with E-state index >= 15 is 0 Å². The fraction of sp³-hybridized carbons (Fsp3) is 0.900. The van der Waals surface area contributed by atoms with Gasteiger partial charge in [0, 0.05) is 59.3 Å². The van der Waals surface area contributed by atoms with Crippen LogP contribution in [0.2, 0.25) is 0 Å². The molecule has 2 N–H and O–H groups in total. The van der Waals surface area contributed by atoms with Crippen molar-refractivity contribution < 1.29 is 4.79 Å². The molecule has 1 aliphatic heterocycles. The zero-order chi connectivity index (χ0) is 19.0. The van der Waals surface area contributed by atoms with Crippen LogP contribution in [0.1, 0.15) is 53.4 Å². The van der Waals surface area contributed by atoms with Gasteiger partial charge in [-0.15, -0.1) is 0 Å². The molecule has 6 nitrogen and oxygen atoms in total. The molecule has 0 unspecified atom stereocenters. The molecule has 2 aliphatic rings. The molecule has 26 heavy (non-hydrogen) atoms. The monoisotopic (exact) mass is 365 g/mol. The minimum atomic E-state index is 0.190. The smallest absolute Gasteiger partial charge is 0.219 e. The quantitative estimate of drug-likeness (QED) is 0.510. The first kappa shape index (κ1) is 21.0. The van der Waals surface area contributed by atoms with E-state index in [0.29, 0.717) is 5.41 Å². The number of nitrogens with zero attached hydrogens (tertiary/aromatic N) is 3. The molecule has 2 rings (SSSR count). The third-order valence-corrected chi connectivity index (χ3v) is 5.71. The number of nitrogens with one attached hydrogen (secondary N) is 2. The Morgan fingerprint density at radius 3 is 2.35 bits per heavy atom. The molecule has 1 saturated heterocycles. The average Bonchev–Trinajstić information content (AvgIpc) is 2.57. The van der Waals surface area contributed by atoms with E-state index in [9.17, 15) is 4.79 Å². The molecule has 0 atom stereocenters. The number of piperazine rings is 1. The van der Waals surface area contributed by atoms with Gasteiger partial charge in [0.05, 0.1) is 0 Å². The Morgan fingerprint density at radius 2 is 1.85 bits per heavy atom. The van der Waals surface area contributed by atoms with Crippen molar-refractivity contribution in [1.29, 1.82) is 0 Å². The Morgan fingerprint density at radius 1 is 1.15 bits per heavy atom. The molecule has 0 aromatic heterocycles. The molecule has 0 bridgehead atoms. The normalized spacial score (nSPS) is 20.8. The molecule has 2 fully saturated rings. The van der Waals surface area contributed by atoms with Gasteiger partial charge in [0.2, 0.25) is 5.91 Å². The lowest BCUT2D eigenvalue weighted by atomic mass is 9.64. The number of guanidine groups is 1. The van der Waals surface area contributed by atoms with E-state index in [2.05, 4.69) is 36.3 Å². The van der Waals surface area contributed by atoms with Crippen LogP contribution < -0.4 is 10.6 Å². The van der Waals surface area contributed by atoms with Crippen molar-refractivity contribution in [2.24, 2.45) is 16.3 Å². The fourth-order valence-corrected chi connectivity index (χ4v) is 4.18. The molecule has 0 aromatic carbocycles. The highest BCUT2D eigenvalue weighted by Gasteiger charge is 2.37. The Labute approximate surface area is 159 Å². The fourth-order valence-electron chi connectivity index (χ4n) is 4.18. The van der Waals surface area contributed by atoms with Crippen molar-refractivity contribution in [3.63, 3.8) is 0 Å². The lowest BCUT2D eigenvalue weighted by molar-refractivity contribution is -0.130. The second kappa shape index (κ2) is 10.1. The number of amides is 1. The van der Waals surface area contributed by atoms with E-state index in [-0.39, 0.29) is 5.91 Å². The molecule has 1 aliphatic carbocycles. The van der Waals surface area contributed by atoms with E-state index in [4.69, 9.17) is 4.99 Å². The maximum atomic E-state index is 11.4. The molecule has 0 spiro atoms. The van der Waals surface area contributed by atoms with Crippen molar-refractivity contribution in [2.75, 3.05) is 52.4 Å². The second-order valence-corrected chi connectivity index (χ2v) is 8.42. The topological polar surface area (TPSA) is 60.0 Å². The number of carbonyl (C=O) groups excluding carboxylic acids is 1. The summed E-state index contributed by atoms with van der Waals surface area (Å²) in [6.07, 6.45) is 5.30. The first-order valence-corrected chi connectivity index (χ1v) is 10.4. The largest absolute Gasteiger partial charge is 0.357 e. The molecular weight excluding hydrogens is 326 g/mol. The van der Waals surface area contributed by atoms with Crippen LogP contribution in [0.3, 0.4) is 0 Å². The average molecular weight is 366 g/mol. The van der Waals surface area contributed by atoms with Gasteiger partial charge in [0.15, 0.2) is 5.96 Å². The van der Waals surface area contributed by atoms with Crippen molar-refractivity contribution in [3.8, 4) is 0 Å². The van der Waals surface area contributed by atoms with Gasteiger partial charge >= 0.3 is 0 Å². The van der Waals surface area contributed by atoms with Crippen LogP contribution >= 0.6 is 0 Å². The van der Waals surface area contributed by atoms with Crippen molar-refractivity contribution in [1.82, 2.24) is 20.4 Å². The Bertz CT molecular complexity index is 465. The van der Waals surface area contributed by atoms with Crippen molar-refractivity contribution >= 4 is 11.9 Å². The number of rotatable bonds is 8. The maximum absolute atomic E-state index is 11.4. The zero-order valence-electron chi connectivity index (χ0n) is 17.3. The van der Waals surface area contributed by atoms with Crippen LogP contribution in [0, 0.1) is 11.3 Å². The summed E-state index contributed by atoms with van der Waals surface area (Å²) in [5.41, 5.74) is 0.444. The molecule has 1 amide bonds. The maximum Gasteiger partial charge on any atom is 0.219 e. The summed E-state index contributed by atoms with van der Waals surface area (Å²) in [5.74, 6) is 1.88. The van der Waals surface area contributed by atoms with E-state index in [1.165, 1.54) is 25.7 Å². The lowest BCUT2D eigenvalue weighted by Crippen LogP contribution is -2.50. The van der Waals surface area contributed by atoms with Crippen LogP contribution in [-0.4, -0.2) is 74.0 Å². The van der Waals surface area contributed by atoms with Crippen LogP contribution in [0.25, 0.3) is 0 Å². The van der Waals surface area contributed by atoms with Gasteiger partial charge in [0.25, 0.3) is 0 Å². The summed E-state index contributed by atoms with van der Waals surface area (Å²) < 4.78 is 0. The van der Waals surface area contributed by atoms with Gasteiger partial charge in [-0.05, 0) is 37.5 Å². The standard InChI is InChI=1S/C20H39N5O/c1-5-21-19(23-16-20(7-6-8-20)15-17(2)3)22-9-10-24-11-13-25(14-12-24)18(4)26/h17H,5-16H2,1-4H3,(H2,21,22,23). The van der Waals surface area contributed by atoms with Crippen LogP contribution in [-0.2, 0) is 4.79 Å². The van der Waals surface area contributed by atoms with E-state index < -0.39 is 0 Å². The van der Waals surface area contributed by atoms with Gasteiger partial charge in [-0.1, -0.05) is 20.3 Å². The third-order valence-electron chi connectivity index (χ3n) is 5.71. The van der Waals surface area contributed by atoms with Gasteiger partial charge in [-0.25, -0.2) is 0 Å².